The molecule has 0 aromatic heterocycles. The second-order valence-electron chi connectivity index (χ2n) is 5.52. The smallest absolute Gasteiger partial charge is 0.317 e. The van der Waals surface area contributed by atoms with E-state index in [4.69, 9.17) is 4.74 Å². The molecule has 2 aliphatic heterocycles. The molecular weight excluding hydrogens is 242 g/mol. The van der Waals surface area contributed by atoms with Gasteiger partial charge in [0.2, 0.25) is 0 Å². The second-order valence-corrected chi connectivity index (χ2v) is 5.52. The Morgan fingerprint density at radius 2 is 1.79 bits per heavy atom. The number of hydrogen-bond acceptors (Lipinski definition) is 3. The van der Waals surface area contributed by atoms with Gasteiger partial charge in [-0.05, 0) is 32.6 Å². The van der Waals surface area contributed by atoms with Crippen LogP contribution in [0.2, 0.25) is 0 Å². The molecule has 19 heavy (non-hydrogen) atoms. The number of piperidine rings is 2. The summed E-state index contributed by atoms with van der Waals surface area (Å²) in [6.07, 6.45) is 4.95. The van der Waals surface area contributed by atoms with Crippen LogP contribution in [0, 0.1) is 0 Å². The number of ether oxygens (including phenoxy) is 1. The normalized spacial score (nSPS) is 23.6. The second kappa shape index (κ2) is 7.10. The molecule has 2 fully saturated rings. The van der Waals surface area contributed by atoms with Crippen LogP contribution in [-0.4, -0.2) is 67.8 Å². The molecule has 0 atom stereocenters. The van der Waals surface area contributed by atoms with Crippen molar-refractivity contribution >= 4 is 6.03 Å². The van der Waals surface area contributed by atoms with Gasteiger partial charge < -0.3 is 19.9 Å². The van der Waals surface area contributed by atoms with Gasteiger partial charge in [0.25, 0.3) is 0 Å². The Hall–Kier alpha value is -0.810. The third-order valence-corrected chi connectivity index (χ3v) is 4.41. The van der Waals surface area contributed by atoms with Gasteiger partial charge in [0.05, 0.1) is 6.10 Å². The molecule has 2 amide bonds. The minimum absolute atomic E-state index is 0.0963. The first-order valence-corrected chi connectivity index (χ1v) is 7.54. The maximum absolute atomic E-state index is 11.7. The standard InChI is InChI=1S/C14H27N3O2/c1-3-15-14(18)17-8-4-12(5-9-17)16-10-6-13(19-2)7-11-16/h12-13H,3-11H2,1-2H3,(H,15,18). The molecule has 110 valence electrons. The van der Waals surface area contributed by atoms with Crippen LogP contribution in [-0.2, 0) is 4.74 Å². The van der Waals surface area contributed by atoms with E-state index in [2.05, 4.69) is 10.2 Å². The predicted octanol–water partition coefficient (Wildman–Crippen LogP) is 1.29. The lowest BCUT2D eigenvalue weighted by molar-refractivity contribution is 0.0170. The van der Waals surface area contributed by atoms with E-state index in [1.165, 1.54) is 0 Å². The van der Waals surface area contributed by atoms with Gasteiger partial charge in [-0.2, -0.15) is 0 Å². The van der Waals surface area contributed by atoms with Gasteiger partial charge in [0.1, 0.15) is 0 Å². The van der Waals surface area contributed by atoms with Gasteiger partial charge in [0, 0.05) is 45.9 Å². The highest BCUT2D eigenvalue weighted by Gasteiger charge is 2.29. The molecule has 2 aliphatic rings. The number of carbonyl (C=O) groups is 1. The molecule has 1 N–H and O–H groups in total. The van der Waals surface area contributed by atoms with E-state index < -0.39 is 0 Å². The van der Waals surface area contributed by atoms with Crippen molar-refractivity contribution in [2.45, 2.75) is 44.8 Å². The summed E-state index contributed by atoms with van der Waals surface area (Å²) < 4.78 is 5.41. The zero-order chi connectivity index (χ0) is 13.7. The molecular formula is C14H27N3O2. The molecule has 0 bridgehead atoms. The van der Waals surface area contributed by atoms with E-state index in [1.54, 1.807) is 0 Å². The van der Waals surface area contributed by atoms with Crippen LogP contribution in [0.15, 0.2) is 0 Å². The van der Waals surface area contributed by atoms with Crippen molar-refractivity contribution in [2.75, 3.05) is 39.8 Å². The monoisotopic (exact) mass is 269 g/mol. The van der Waals surface area contributed by atoms with E-state index in [9.17, 15) is 4.79 Å². The largest absolute Gasteiger partial charge is 0.381 e. The van der Waals surface area contributed by atoms with E-state index in [0.29, 0.717) is 18.7 Å². The molecule has 2 saturated heterocycles. The molecule has 2 heterocycles. The highest BCUT2D eigenvalue weighted by Crippen LogP contribution is 2.22. The molecule has 5 nitrogen and oxygen atoms in total. The summed E-state index contributed by atoms with van der Waals surface area (Å²) >= 11 is 0. The number of amides is 2. The Morgan fingerprint density at radius 3 is 2.32 bits per heavy atom. The lowest BCUT2D eigenvalue weighted by Crippen LogP contribution is -2.51. The number of likely N-dealkylation sites (tertiary alicyclic amines) is 2. The lowest BCUT2D eigenvalue weighted by atomic mass is 9.99. The van der Waals surface area contributed by atoms with Crippen LogP contribution in [0.3, 0.4) is 0 Å². The summed E-state index contributed by atoms with van der Waals surface area (Å²) in [7, 11) is 1.81. The Labute approximate surface area is 116 Å². The van der Waals surface area contributed by atoms with Crippen molar-refractivity contribution in [3.63, 3.8) is 0 Å². The van der Waals surface area contributed by atoms with E-state index >= 15 is 0 Å². The average Bonchev–Trinajstić information content (AvgIpc) is 2.48. The van der Waals surface area contributed by atoms with Crippen molar-refractivity contribution in [2.24, 2.45) is 0 Å². The van der Waals surface area contributed by atoms with Crippen LogP contribution in [0.1, 0.15) is 32.6 Å². The number of nitrogens with one attached hydrogen (secondary N) is 1. The maximum Gasteiger partial charge on any atom is 0.317 e. The predicted molar refractivity (Wildman–Crippen MR) is 75.3 cm³/mol. The van der Waals surface area contributed by atoms with Crippen LogP contribution < -0.4 is 5.32 Å². The molecule has 2 rings (SSSR count). The number of rotatable bonds is 3. The highest BCUT2D eigenvalue weighted by molar-refractivity contribution is 5.74. The van der Waals surface area contributed by atoms with Crippen LogP contribution in [0.4, 0.5) is 4.79 Å². The summed E-state index contributed by atoms with van der Waals surface area (Å²) in [4.78, 5) is 16.3. The Bertz CT molecular complexity index is 282. The number of hydrogen-bond donors (Lipinski definition) is 1. The minimum atomic E-state index is 0.0963. The topological polar surface area (TPSA) is 44.8 Å². The summed E-state index contributed by atoms with van der Waals surface area (Å²) in [6, 6.07) is 0.752. The summed E-state index contributed by atoms with van der Waals surface area (Å²) in [5, 5.41) is 2.88. The Balaban J connectivity index is 1.73. The first-order valence-electron chi connectivity index (χ1n) is 7.54. The minimum Gasteiger partial charge on any atom is -0.381 e. The Morgan fingerprint density at radius 1 is 1.16 bits per heavy atom. The van der Waals surface area contributed by atoms with Gasteiger partial charge in [-0.15, -0.1) is 0 Å². The van der Waals surface area contributed by atoms with Crippen molar-refractivity contribution in [1.82, 2.24) is 15.1 Å². The quantitative estimate of drug-likeness (QED) is 0.840. The Kier molecular flexibility index (Phi) is 5.45. The van der Waals surface area contributed by atoms with Gasteiger partial charge in [-0.1, -0.05) is 0 Å². The van der Waals surface area contributed by atoms with Gasteiger partial charge in [-0.3, -0.25) is 0 Å². The van der Waals surface area contributed by atoms with Crippen LogP contribution in [0.5, 0.6) is 0 Å². The summed E-state index contributed by atoms with van der Waals surface area (Å²) in [5.41, 5.74) is 0. The van der Waals surface area contributed by atoms with Crippen molar-refractivity contribution in [3.8, 4) is 0 Å². The summed E-state index contributed by atoms with van der Waals surface area (Å²) in [6.45, 7) is 6.74. The lowest BCUT2D eigenvalue weighted by Gasteiger charge is -2.41. The summed E-state index contributed by atoms with van der Waals surface area (Å²) in [5.74, 6) is 0. The molecule has 0 spiro atoms. The van der Waals surface area contributed by atoms with Crippen LogP contribution >= 0.6 is 0 Å². The molecule has 0 aromatic rings. The van der Waals surface area contributed by atoms with Crippen LogP contribution in [0.25, 0.3) is 0 Å². The maximum atomic E-state index is 11.7. The van der Waals surface area contributed by atoms with Gasteiger partial charge in [-0.25, -0.2) is 4.79 Å². The first-order chi connectivity index (χ1) is 9.24. The van der Waals surface area contributed by atoms with E-state index in [0.717, 1.165) is 51.9 Å². The zero-order valence-corrected chi connectivity index (χ0v) is 12.2. The van der Waals surface area contributed by atoms with Gasteiger partial charge in [0.15, 0.2) is 0 Å². The van der Waals surface area contributed by atoms with Crippen molar-refractivity contribution < 1.29 is 9.53 Å². The molecule has 0 aromatic carbocycles. The fourth-order valence-electron chi connectivity index (χ4n) is 3.17. The SMILES string of the molecule is CCNC(=O)N1CCC(N2CCC(OC)CC2)CC1. The third-order valence-electron chi connectivity index (χ3n) is 4.41. The zero-order valence-electron chi connectivity index (χ0n) is 12.2. The van der Waals surface area contributed by atoms with Gasteiger partial charge >= 0.3 is 6.03 Å². The molecule has 0 aliphatic carbocycles. The fraction of sp³-hybridized carbons (Fsp3) is 0.929. The number of nitrogens with zero attached hydrogens (tertiary/aromatic N) is 2. The number of methoxy groups -OCH3 is 1. The fourth-order valence-corrected chi connectivity index (χ4v) is 3.17. The molecule has 5 heteroatoms. The number of urea groups is 1. The van der Waals surface area contributed by atoms with Crippen molar-refractivity contribution in [1.29, 1.82) is 0 Å². The van der Waals surface area contributed by atoms with Crippen molar-refractivity contribution in [3.05, 3.63) is 0 Å². The molecule has 0 saturated carbocycles. The van der Waals surface area contributed by atoms with E-state index in [1.807, 2.05) is 18.9 Å². The molecule has 0 radical (unpaired) electrons. The van der Waals surface area contributed by atoms with E-state index in [-0.39, 0.29) is 6.03 Å². The average molecular weight is 269 g/mol. The number of carbonyl (C=O) groups excluding carboxylic acids is 1. The first kappa shape index (κ1) is 14.6. The molecule has 0 unspecified atom stereocenters. The highest BCUT2D eigenvalue weighted by atomic mass is 16.5. The third kappa shape index (κ3) is 3.83.